The maximum absolute atomic E-state index is 6.22. The second-order valence-corrected chi connectivity index (χ2v) is 5.86. The molecule has 92 valence electrons. The van der Waals surface area contributed by atoms with E-state index in [1.54, 1.807) is 0 Å². The van der Waals surface area contributed by atoms with Gasteiger partial charge in [0.15, 0.2) is 0 Å². The van der Waals surface area contributed by atoms with Crippen LogP contribution in [0.25, 0.3) is 0 Å². The highest BCUT2D eigenvalue weighted by molar-refractivity contribution is 6.20. The van der Waals surface area contributed by atoms with Crippen LogP contribution in [0.5, 0.6) is 0 Å². The van der Waals surface area contributed by atoms with Crippen molar-refractivity contribution in [2.45, 2.75) is 52.5 Å². The van der Waals surface area contributed by atoms with Crippen LogP contribution in [0.4, 0.5) is 0 Å². The second kappa shape index (κ2) is 5.72. The van der Waals surface area contributed by atoms with Crippen molar-refractivity contribution in [2.24, 2.45) is 11.8 Å². The van der Waals surface area contributed by atoms with Crippen LogP contribution in [0, 0.1) is 11.8 Å². The van der Waals surface area contributed by atoms with Crippen molar-refractivity contribution in [1.29, 1.82) is 0 Å². The third-order valence-corrected chi connectivity index (χ3v) is 3.41. The van der Waals surface area contributed by atoms with Crippen molar-refractivity contribution in [3.63, 3.8) is 0 Å². The van der Waals surface area contributed by atoms with Crippen LogP contribution in [0.1, 0.15) is 46.4 Å². The maximum Gasteiger partial charge on any atom is 0.0628 e. The molecule has 16 heavy (non-hydrogen) atoms. The molecule has 0 aliphatic heterocycles. The topological polar surface area (TPSA) is 17.8 Å². The summed E-state index contributed by atoms with van der Waals surface area (Å²) in [4.78, 5) is 0. The van der Waals surface area contributed by atoms with E-state index in [2.05, 4.69) is 52.0 Å². The minimum Gasteiger partial charge on any atom is -0.270 e. The van der Waals surface area contributed by atoms with E-state index >= 15 is 0 Å². The van der Waals surface area contributed by atoms with Gasteiger partial charge in [-0.15, -0.1) is 11.6 Å². The quantitative estimate of drug-likeness (QED) is 0.716. The molecule has 0 aliphatic rings. The van der Waals surface area contributed by atoms with Crippen LogP contribution < -0.4 is 0 Å². The van der Waals surface area contributed by atoms with Gasteiger partial charge in [0.1, 0.15) is 0 Å². The zero-order valence-corrected chi connectivity index (χ0v) is 11.7. The summed E-state index contributed by atoms with van der Waals surface area (Å²) in [5, 5.41) is 4.77. The molecule has 0 spiro atoms. The molecule has 0 aliphatic carbocycles. The van der Waals surface area contributed by atoms with E-state index in [1.807, 2.05) is 4.68 Å². The van der Waals surface area contributed by atoms with E-state index in [1.165, 1.54) is 0 Å². The Morgan fingerprint density at radius 3 is 2.25 bits per heavy atom. The lowest BCUT2D eigenvalue weighted by Gasteiger charge is -2.22. The number of alkyl halides is 1. The van der Waals surface area contributed by atoms with E-state index < -0.39 is 0 Å². The van der Waals surface area contributed by atoms with Gasteiger partial charge in [0.2, 0.25) is 0 Å². The molecule has 0 amide bonds. The Morgan fingerprint density at radius 1 is 1.25 bits per heavy atom. The number of hydrogen-bond acceptors (Lipinski definition) is 1. The molecule has 0 radical (unpaired) electrons. The van der Waals surface area contributed by atoms with Crippen LogP contribution >= 0.6 is 11.6 Å². The summed E-state index contributed by atoms with van der Waals surface area (Å²) in [6.07, 6.45) is 3.03. The van der Waals surface area contributed by atoms with Gasteiger partial charge in [-0.05, 0) is 45.1 Å². The van der Waals surface area contributed by atoms with Gasteiger partial charge in [0, 0.05) is 17.6 Å². The average molecular weight is 243 g/mol. The maximum atomic E-state index is 6.22. The molecule has 0 bridgehead atoms. The minimum absolute atomic E-state index is 0.198. The van der Waals surface area contributed by atoms with Gasteiger partial charge in [-0.2, -0.15) is 5.10 Å². The molecule has 1 aromatic rings. The minimum atomic E-state index is 0.198. The molecule has 0 saturated carbocycles. The summed E-state index contributed by atoms with van der Waals surface area (Å²) in [6.45, 7) is 10.8. The summed E-state index contributed by atoms with van der Waals surface area (Å²) in [5.41, 5.74) is 1.15. The first-order valence-electron chi connectivity index (χ1n) is 6.10. The third kappa shape index (κ3) is 3.51. The lowest BCUT2D eigenvalue weighted by atomic mass is 9.89. The molecule has 0 saturated heterocycles. The molecule has 1 rings (SSSR count). The average Bonchev–Trinajstić information content (AvgIpc) is 2.61. The lowest BCUT2D eigenvalue weighted by molar-refractivity contribution is 0.370. The van der Waals surface area contributed by atoms with Gasteiger partial charge in [0.05, 0.1) is 5.69 Å². The van der Waals surface area contributed by atoms with Crippen LogP contribution in [-0.2, 0) is 6.42 Å². The summed E-state index contributed by atoms with van der Waals surface area (Å²) in [5.74, 6) is 1.09. The molecule has 1 aromatic heterocycles. The van der Waals surface area contributed by atoms with Crippen molar-refractivity contribution >= 4 is 11.6 Å². The van der Waals surface area contributed by atoms with Crippen LogP contribution in [0.2, 0.25) is 0 Å². The molecule has 0 fully saturated rings. The van der Waals surface area contributed by atoms with Gasteiger partial charge >= 0.3 is 0 Å². The van der Waals surface area contributed by atoms with Crippen molar-refractivity contribution < 1.29 is 0 Å². The smallest absolute Gasteiger partial charge is 0.0628 e. The van der Waals surface area contributed by atoms with Gasteiger partial charge in [-0.1, -0.05) is 13.8 Å². The second-order valence-electron chi connectivity index (χ2n) is 5.17. The first-order valence-corrected chi connectivity index (χ1v) is 6.53. The fourth-order valence-electron chi connectivity index (χ4n) is 1.94. The van der Waals surface area contributed by atoms with Crippen molar-refractivity contribution in [3.8, 4) is 0 Å². The number of aromatic nitrogens is 2. The predicted octanol–water partition coefficient (Wildman–Crippen LogP) is 3.91. The largest absolute Gasteiger partial charge is 0.270 e. The Morgan fingerprint density at radius 2 is 1.88 bits per heavy atom. The molecule has 2 unspecified atom stereocenters. The molecular formula is C13H23ClN2. The van der Waals surface area contributed by atoms with E-state index in [9.17, 15) is 0 Å². The van der Waals surface area contributed by atoms with Crippen molar-refractivity contribution in [2.75, 3.05) is 0 Å². The summed E-state index contributed by atoms with van der Waals surface area (Å²) in [6, 6.07) is 2.54. The first kappa shape index (κ1) is 13.6. The van der Waals surface area contributed by atoms with Gasteiger partial charge in [-0.3, -0.25) is 4.68 Å². The first-order chi connectivity index (χ1) is 7.41. The summed E-state index contributed by atoms with van der Waals surface area (Å²) in [7, 11) is 0. The normalized spacial score (nSPS) is 15.8. The molecule has 0 N–H and O–H groups in total. The SMILES string of the molecule is CC(C)C(Cc1ccn(C(C)C)n1)C(C)Cl. The van der Waals surface area contributed by atoms with E-state index in [4.69, 9.17) is 11.6 Å². The van der Waals surface area contributed by atoms with Crippen molar-refractivity contribution in [3.05, 3.63) is 18.0 Å². The fourth-order valence-corrected chi connectivity index (χ4v) is 2.32. The molecule has 0 aromatic carbocycles. The number of nitrogens with zero attached hydrogens (tertiary/aromatic N) is 2. The Labute approximate surface area is 104 Å². The molecule has 2 nitrogen and oxygen atoms in total. The van der Waals surface area contributed by atoms with Crippen LogP contribution in [-0.4, -0.2) is 15.2 Å². The van der Waals surface area contributed by atoms with Crippen molar-refractivity contribution in [1.82, 2.24) is 9.78 Å². The van der Waals surface area contributed by atoms with Gasteiger partial charge < -0.3 is 0 Å². The lowest BCUT2D eigenvalue weighted by Crippen LogP contribution is -2.21. The van der Waals surface area contributed by atoms with E-state index in [0.717, 1.165) is 12.1 Å². The monoisotopic (exact) mass is 242 g/mol. The Kier molecular flexibility index (Phi) is 4.85. The van der Waals surface area contributed by atoms with Gasteiger partial charge in [0.25, 0.3) is 0 Å². The predicted molar refractivity (Wildman–Crippen MR) is 70.0 cm³/mol. The molecule has 3 heteroatoms. The Hall–Kier alpha value is -0.500. The summed E-state index contributed by atoms with van der Waals surface area (Å²) < 4.78 is 2.01. The highest BCUT2D eigenvalue weighted by Crippen LogP contribution is 2.23. The zero-order chi connectivity index (χ0) is 12.3. The number of hydrogen-bond donors (Lipinski definition) is 0. The summed E-state index contributed by atoms with van der Waals surface area (Å²) >= 11 is 6.22. The zero-order valence-electron chi connectivity index (χ0n) is 10.9. The van der Waals surface area contributed by atoms with Gasteiger partial charge in [-0.25, -0.2) is 0 Å². The van der Waals surface area contributed by atoms with E-state index in [0.29, 0.717) is 17.9 Å². The Balaban J connectivity index is 2.70. The molecular weight excluding hydrogens is 220 g/mol. The number of halogens is 1. The standard InChI is InChI=1S/C13H23ClN2/c1-9(2)13(11(5)14)8-12-6-7-16(15-12)10(3)4/h6-7,9-11,13H,8H2,1-5H3. The van der Waals surface area contributed by atoms with Crippen LogP contribution in [0.3, 0.4) is 0 Å². The number of rotatable bonds is 5. The molecule has 2 atom stereocenters. The third-order valence-electron chi connectivity index (χ3n) is 3.08. The Bertz CT molecular complexity index is 307. The van der Waals surface area contributed by atoms with E-state index in [-0.39, 0.29) is 5.38 Å². The fraction of sp³-hybridized carbons (Fsp3) is 0.769. The highest BCUT2D eigenvalue weighted by Gasteiger charge is 2.20. The molecule has 1 heterocycles. The van der Waals surface area contributed by atoms with Crippen LogP contribution in [0.15, 0.2) is 12.3 Å². The highest BCUT2D eigenvalue weighted by atomic mass is 35.5.